The Labute approximate surface area is 153 Å². The fourth-order valence-electron chi connectivity index (χ4n) is 3.05. The molecule has 6 nitrogen and oxygen atoms in total. The van der Waals surface area contributed by atoms with Gasteiger partial charge >= 0.3 is 0 Å². The SMILES string of the molecule is CC(CCN(C)S(=O)(=O)c1ccc(-c2cncnc2)s1)N1CCCC1. The Hall–Kier alpha value is -1.35. The van der Waals surface area contributed by atoms with Gasteiger partial charge in [0.1, 0.15) is 10.5 Å². The lowest BCUT2D eigenvalue weighted by molar-refractivity contribution is 0.237. The first-order chi connectivity index (χ1) is 12.0. The zero-order chi connectivity index (χ0) is 17.9. The summed E-state index contributed by atoms with van der Waals surface area (Å²) in [6, 6.07) is 3.90. The van der Waals surface area contributed by atoms with E-state index < -0.39 is 10.0 Å². The number of aromatic nitrogens is 2. The van der Waals surface area contributed by atoms with Crippen molar-refractivity contribution in [1.29, 1.82) is 0 Å². The van der Waals surface area contributed by atoms with E-state index in [-0.39, 0.29) is 0 Å². The van der Waals surface area contributed by atoms with Crippen LogP contribution >= 0.6 is 11.3 Å². The second-order valence-corrected chi connectivity index (χ2v) is 9.81. The first-order valence-electron chi connectivity index (χ1n) is 8.54. The molecule has 0 aromatic carbocycles. The van der Waals surface area contributed by atoms with E-state index >= 15 is 0 Å². The molecule has 3 heterocycles. The summed E-state index contributed by atoms with van der Waals surface area (Å²) in [5.41, 5.74) is 0.833. The van der Waals surface area contributed by atoms with Gasteiger partial charge in [0.15, 0.2) is 0 Å². The lowest BCUT2D eigenvalue weighted by Crippen LogP contribution is -2.35. The van der Waals surface area contributed by atoms with Gasteiger partial charge in [0.25, 0.3) is 10.0 Å². The summed E-state index contributed by atoms with van der Waals surface area (Å²) in [7, 11) is -1.79. The van der Waals surface area contributed by atoms with Crippen LogP contribution in [0.4, 0.5) is 0 Å². The van der Waals surface area contributed by atoms with Crippen LogP contribution in [0.2, 0.25) is 0 Å². The summed E-state index contributed by atoms with van der Waals surface area (Å²) in [6.45, 7) is 4.97. The summed E-state index contributed by atoms with van der Waals surface area (Å²) >= 11 is 1.26. The van der Waals surface area contributed by atoms with Crippen molar-refractivity contribution in [2.45, 2.75) is 36.4 Å². The molecule has 0 radical (unpaired) electrons. The van der Waals surface area contributed by atoms with E-state index in [0.717, 1.165) is 30.0 Å². The second-order valence-electron chi connectivity index (χ2n) is 6.45. The minimum atomic E-state index is -3.45. The molecule has 0 saturated carbocycles. The third kappa shape index (κ3) is 4.25. The number of thiophene rings is 1. The summed E-state index contributed by atoms with van der Waals surface area (Å²) < 4.78 is 27.4. The number of likely N-dealkylation sites (tertiary alicyclic amines) is 1. The van der Waals surface area contributed by atoms with E-state index in [2.05, 4.69) is 21.8 Å². The Kier molecular flexibility index (Phi) is 5.83. The number of hydrogen-bond acceptors (Lipinski definition) is 6. The zero-order valence-corrected chi connectivity index (χ0v) is 16.3. The Morgan fingerprint density at radius 3 is 2.60 bits per heavy atom. The highest BCUT2D eigenvalue weighted by atomic mass is 32.2. The summed E-state index contributed by atoms with van der Waals surface area (Å²) in [4.78, 5) is 11.3. The van der Waals surface area contributed by atoms with Gasteiger partial charge < -0.3 is 4.90 Å². The van der Waals surface area contributed by atoms with Crippen molar-refractivity contribution in [3.63, 3.8) is 0 Å². The van der Waals surface area contributed by atoms with Crippen LogP contribution in [0.25, 0.3) is 10.4 Å². The highest BCUT2D eigenvalue weighted by Crippen LogP contribution is 2.31. The molecule has 8 heteroatoms. The number of nitrogens with zero attached hydrogens (tertiary/aromatic N) is 4. The van der Waals surface area contributed by atoms with Crippen LogP contribution in [-0.2, 0) is 10.0 Å². The molecule has 1 aliphatic heterocycles. The van der Waals surface area contributed by atoms with Crippen molar-refractivity contribution in [2.24, 2.45) is 0 Å². The molecule has 2 aromatic heterocycles. The number of rotatable bonds is 7. The van der Waals surface area contributed by atoms with Crippen molar-refractivity contribution >= 4 is 21.4 Å². The highest BCUT2D eigenvalue weighted by Gasteiger charge is 2.25. The van der Waals surface area contributed by atoms with Gasteiger partial charge in [0.2, 0.25) is 0 Å². The van der Waals surface area contributed by atoms with E-state index in [1.165, 1.54) is 34.8 Å². The van der Waals surface area contributed by atoms with Gasteiger partial charge in [-0.25, -0.2) is 22.7 Å². The van der Waals surface area contributed by atoms with E-state index in [9.17, 15) is 8.42 Å². The van der Waals surface area contributed by atoms with Gasteiger partial charge in [-0.2, -0.15) is 0 Å². The van der Waals surface area contributed by atoms with E-state index in [1.54, 1.807) is 25.5 Å². The first-order valence-corrected chi connectivity index (χ1v) is 10.8. The topological polar surface area (TPSA) is 66.4 Å². The van der Waals surface area contributed by atoms with Crippen molar-refractivity contribution in [2.75, 3.05) is 26.7 Å². The predicted molar refractivity (Wildman–Crippen MR) is 100 cm³/mol. The van der Waals surface area contributed by atoms with Gasteiger partial charge in [-0.3, -0.25) is 0 Å². The fraction of sp³-hybridized carbons (Fsp3) is 0.529. The van der Waals surface area contributed by atoms with Gasteiger partial charge in [-0.15, -0.1) is 11.3 Å². The van der Waals surface area contributed by atoms with Crippen molar-refractivity contribution in [3.8, 4) is 10.4 Å². The molecule has 1 unspecified atom stereocenters. The molecule has 2 aromatic rings. The van der Waals surface area contributed by atoms with Crippen molar-refractivity contribution in [1.82, 2.24) is 19.2 Å². The van der Waals surface area contributed by atoms with Crippen LogP contribution in [0.1, 0.15) is 26.2 Å². The maximum absolute atomic E-state index is 12.8. The normalized spacial score (nSPS) is 17.2. The van der Waals surface area contributed by atoms with Crippen LogP contribution < -0.4 is 0 Å². The Balaban J connectivity index is 1.65. The van der Waals surface area contributed by atoms with E-state index in [0.29, 0.717) is 16.8 Å². The molecule has 136 valence electrons. The molecular formula is C17H24N4O2S2. The van der Waals surface area contributed by atoms with Crippen LogP contribution in [-0.4, -0.2) is 60.3 Å². The maximum Gasteiger partial charge on any atom is 0.252 e. The average molecular weight is 381 g/mol. The molecule has 0 bridgehead atoms. The quantitative estimate of drug-likeness (QED) is 0.739. The standard InChI is InChI=1S/C17H24N4O2S2/c1-14(21-8-3-4-9-21)7-10-20(2)25(22,23)17-6-5-16(24-17)15-11-18-13-19-12-15/h5-6,11-14H,3-4,7-10H2,1-2H3. The maximum atomic E-state index is 12.8. The molecule has 3 rings (SSSR count). The minimum absolute atomic E-state index is 0.364. The fourth-order valence-corrected chi connectivity index (χ4v) is 5.73. The van der Waals surface area contributed by atoms with Crippen molar-refractivity contribution < 1.29 is 8.42 Å². The third-order valence-corrected chi connectivity index (χ3v) is 8.18. The molecule has 1 saturated heterocycles. The third-order valence-electron chi connectivity index (χ3n) is 4.72. The zero-order valence-electron chi connectivity index (χ0n) is 14.6. The van der Waals surface area contributed by atoms with Gasteiger partial charge in [-0.05, 0) is 51.4 Å². The summed E-state index contributed by atoms with van der Waals surface area (Å²) in [6.07, 6.45) is 8.19. The lowest BCUT2D eigenvalue weighted by Gasteiger charge is -2.25. The molecule has 0 amide bonds. The van der Waals surface area contributed by atoms with Crippen molar-refractivity contribution in [3.05, 3.63) is 30.9 Å². The molecule has 0 N–H and O–H groups in total. The molecule has 0 spiro atoms. The smallest absolute Gasteiger partial charge is 0.252 e. The number of sulfonamides is 1. The van der Waals surface area contributed by atoms with E-state index in [4.69, 9.17) is 0 Å². The van der Waals surface area contributed by atoms with Gasteiger partial charge in [-0.1, -0.05) is 0 Å². The predicted octanol–water partition coefficient (Wildman–Crippen LogP) is 2.70. The largest absolute Gasteiger partial charge is 0.301 e. The van der Waals surface area contributed by atoms with Crippen LogP contribution in [0.15, 0.2) is 35.1 Å². The van der Waals surface area contributed by atoms with Gasteiger partial charge in [0.05, 0.1) is 0 Å². The molecular weight excluding hydrogens is 356 g/mol. The molecule has 1 fully saturated rings. The Morgan fingerprint density at radius 2 is 1.92 bits per heavy atom. The first kappa shape index (κ1) is 18.4. The molecule has 1 atom stereocenters. The highest BCUT2D eigenvalue weighted by molar-refractivity contribution is 7.91. The Bertz CT molecular complexity index is 786. The van der Waals surface area contributed by atoms with Gasteiger partial charge in [0, 0.05) is 42.5 Å². The summed E-state index contributed by atoms with van der Waals surface area (Å²) in [5.74, 6) is 0. The monoisotopic (exact) mass is 380 g/mol. The average Bonchev–Trinajstić information content (AvgIpc) is 3.31. The minimum Gasteiger partial charge on any atom is -0.301 e. The van der Waals surface area contributed by atoms with Crippen LogP contribution in [0.3, 0.4) is 0 Å². The van der Waals surface area contributed by atoms with Crippen LogP contribution in [0.5, 0.6) is 0 Å². The summed E-state index contributed by atoms with van der Waals surface area (Å²) in [5, 5.41) is 0. The molecule has 0 aliphatic carbocycles. The molecule has 25 heavy (non-hydrogen) atoms. The number of hydrogen-bond donors (Lipinski definition) is 0. The second kappa shape index (κ2) is 7.90. The van der Waals surface area contributed by atoms with E-state index in [1.807, 2.05) is 6.07 Å². The molecule has 1 aliphatic rings. The van der Waals surface area contributed by atoms with Crippen LogP contribution in [0, 0.1) is 0 Å². The Morgan fingerprint density at radius 1 is 1.24 bits per heavy atom. The lowest BCUT2D eigenvalue weighted by atomic mass is 10.2.